The van der Waals surface area contributed by atoms with Gasteiger partial charge in [0.1, 0.15) is 6.10 Å². The first-order chi connectivity index (χ1) is 9.36. The lowest BCUT2D eigenvalue weighted by molar-refractivity contribution is 0.228. The first kappa shape index (κ1) is 13.1. The van der Waals surface area contributed by atoms with Crippen molar-refractivity contribution in [3.63, 3.8) is 0 Å². The van der Waals surface area contributed by atoms with Gasteiger partial charge in [0.25, 0.3) is 0 Å². The highest BCUT2D eigenvalue weighted by Gasteiger charge is 2.22. The molecule has 2 aliphatic rings. The molecule has 0 spiro atoms. The Morgan fingerprint density at radius 3 is 2.74 bits per heavy atom. The van der Waals surface area contributed by atoms with Crippen LogP contribution in [-0.2, 0) is 0 Å². The fourth-order valence-electron chi connectivity index (χ4n) is 2.60. The molecule has 3 nitrogen and oxygen atoms in total. The smallest absolute Gasteiger partial charge is 0.161 e. The van der Waals surface area contributed by atoms with E-state index in [9.17, 15) is 0 Å². The Kier molecular flexibility index (Phi) is 4.18. The molecule has 2 fully saturated rings. The zero-order valence-electron chi connectivity index (χ0n) is 11.4. The minimum absolute atomic E-state index is 0.359. The predicted octanol–water partition coefficient (Wildman–Crippen LogP) is 3.00. The number of hydrogen-bond acceptors (Lipinski definition) is 4. The van der Waals surface area contributed by atoms with Gasteiger partial charge >= 0.3 is 0 Å². The second kappa shape index (κ2) is 6.06. The van der Waals surface area contributed by atoms with Gasteiger partial charge in [0, 0.05) is 17.5 Å². The zero-order valence-corrected chi connectivity index (χ0v) is 12.2. The normalized spacial score (nSPS) is 23.7. The molecule has 1 aromatic carbocycles. The highest BCUT2D eigenvalue weighted by atomic mass is 32.2. The molecule has 0 aromatic heterocycles. The highest BCUT2D eigenvalue weighted by molar-refractivity contribution is 8.00. The summed E-state index contributed by atoms with van der Waals surface area (Å²) in [6.45, 7) is 1.12. The van der Waals surface area contributed by atoms with Crippen LogP contribution in [0.3, 0.4) is 0 Å². The van der Waals surface area contributed by atoms with Crippen molar-refractivity contribution in [2.24, 2.45) is 0 Å². The van der Waals surface area contributed by atoms with Gasteiger partial charge in [0.15, 0.2) is 11.5 Å². The zero-order chi connectivity index (χ0) is 13.1. The van der Waals surface area contributed by atoms with Crippen LogP contribution in [0.2, 0.25) is 0 Å². The lowest BCUT2D eigenvalue weighted by atomic mass is 9.97. The van der Waals surface area contributed by atoms with Crippen LogP contribution in [-0.4, -0.2) is 31.3 Å². The molecule has 0 saturated carbocycles. The van der Waals surface area contributed by atoms with E-state index in [2.05, 4.69) is 23.5 Å². The molecular weight excluding hydrogens is 258 g/mol. The van der Waals surface area contributed by atoms with E-state index >= 15 is 0 Å². The van der Waals surface area contributed by atoms with Gasteiger partial charge in [0.2, 0.25) is 0 Å². The number of nitrogens with one attached hydrogen (secondary N) is 1. The molecule has 19 heavy (non-hydrogen) atoms. The number of hydrogen-bond donors (Lipinski definition) is 1. The molecular formula is C15H21NO2S. The number of thioether (sulfide) groups is 1. The summed E-state index contributed by atoms with van der Waals surface area (Å²) >= 11 is 1.93. The van der Waals surface area contributed by atoms with Gasteiger partial charge in [-0.25, -0.2) is 0 Å². The highest BCUT2D eigenvalue weighted by Crippen LogP contribution is 2.35. The molecule has 1 aromatic rings. The van der Waals surface area contributed by atoms with Crippen LogP contribution in [0.1, 0.15) is 30.9 Å². The minimum atomic E-state index is 0.359. The van der Waals surface area contributed by atoms with Gasteiger partial charge in [-0.2, -0.15) is 11.8 Å². The number of methoxy groups -OCH3 is 1. The first-order valence-electron chi connectivity index (χ1n) is 7.02. The Labute approximate surface area is 119 Å². The van der Waals surface area contributed by atoms with Gasteiger partial charge < -0.3 is 14.8 Å². The van der Waals surface area contributed by atoms with Crippen molar-refractivity contribution < 1.29 is 9.47 Å². The molecule has 3 rings (SSSR count). The number of piperidine rings is 1. The molecule has 0 aliphatic carbocycles. The van der Waals surface area contributed by atoms with Crippen molar-refractivity contribution in [2.45, 2.75) is 31.4 Å². The summed E-state index contributed by atoms with van der Waals surface area (Å²) in [5.41, 5.74) is 1.31. The molecule has 1 atom stereocenters. The van der Waals surface area contributed by atoms with Gasteiger partial charge in [-0.1, -0.05) is 12.5 Å². The van der Waals surface area contributed by atoms with E-state index in [0.29, 0.717) is 12.1 Å². The molecule has 2 saturated heterocycles. The SMILES string of the molecule is COc1cc(C2CCCCN2)ccc1OC1CSC1. The third kappa shape index (κ3) is 3.00. The second-order valence-electron chi connectivity index (χ2n) is 5.19. The van der Waals surface area contributed by atoms with E-state index in [1.807, 2.05) is 11.8 Å². The van der Waals surface area contributed by atoms with Crippen LogP contribution in [0.5, 0.6) is 11.5 Å². The lowest BCUT2D eigenvalue weighted by Gasteiger charge is -2.28. The average molecular weight is 279 g/mol. The maximum Gasteiger partial charge on any atom is 0.161 e. The Morgan fingerprint density at radius 2 is 2.11 bits per heavy atom. The summed E-state index contributed by atoms with van der Waals surface area (Å²) in [5, 5.41) is 3.57. The standard InChI is InChI=1S/C15H21NO2S/c1-17-15-8-11(13-4-2-3-7-16-13)5-6-14(15)18-12-9-19-10-12/h5-6,8,12-13,16H,2-4,7,9-10H2,1H3. The quantitative estimate of drug-likeness (QED) is 0.918. The summed E-state index contributed by atoms with van der Waals surface area (Å²) in [5.74, 6) is 3.93. The van der Waals surface area contributed by atoms with E-state index in [1.165, 1.54) is 24.8 Å². The number of benzene rings is 1. The molecule has 0 bridgehead atoms. The van der Waals surface area contributed by atoms with E-state index in [0.717, 1.165) is 29.5 Å². The topological polar surface area (TPSA) is 30.5 Å². The molecule has 1 N–H and O–H groups in total. The van der Waals surface area contributed by atoms with E-state index in [1.54, 1.807) is 7.11 Å². The number of ether oxygens (including phenoxy) is 2. The van der Waals surface area contributed by atoms with Crippen molar-refractivity contribution in [2.75, 3.05) is 25.2 Å². The van der Waals surface area contributed by atoms with Gasteiger partial charge in [-0.15, -0.1) is 0 Å². The van der Waals surface area contributed by atoms with Crippen molar-refractivity contribution in [1.29, 1.82) is 0 Å². The third-order valence-corrected chi connectivity index (χ3v) is 5.02. The summed E-state index contributed by atoms with van der Waals surface area (Å²) in [4.78, 5) is 0. The van der Waals surface area contributed by atoms with E-state index in [4.69, 9.17) is 9.47 Å². The van der Waals surface area contributed by atoms with Gasteiger partial charge in [-0.3, -0.25) is 0 Å². The molecule has 0 radical (unpaired) electrons. The van der Waals surface area contributed by atoms with Gasteiger partial charge in [-0.05, 0) is 37.1 Å². The molecule has 0 amide bonds. The van der Waals surface area contributed by atoms with E-state index < -0.39 is 0 Å². The fraction of sp³-hybridized carbons (Fsp3) is 0.600. The maximum atomic E-state index is 5.95. The molecule has 4 heteroatoms. The second-order valence-corrected chi connectivity index (χ2v) is 6.27. The van der Waals surface area contributed by atoms with Crippen molar-refractivity contribution in [3.05, 3.63) is 23.8 Å². The van der Waals surface area contributed by atoms with Crippen LogP contribution in [0, 0.1) is 0 Å². The van der Waals surface area contributed by atoms with E-state index in [-0.39, 0.29) is 0 Å². The van der Waals surface area contributed by atoms with Crippen LogP contribution < -0.4 is 14.8 Å². The van der Waals surface area contributed by atoms with Crippen LogP contribution >= 0.6 is 11.8 Å². The fourth-order valence-corrected chi connectivity index (χ4v) is 3.16. The third-order valence-electron chi connectivity index (χ3n) is 3.80. The lowest BCUT2D eigenvalue weighted by Crippen LogP contribution is -2.31. The van der Waals surface area contributed by atoms with Crippen molar-refractivity contribution in [3.8, 4) is 11.5 Å². The average Bonchev–Trinajstić information content (AvgIpc) is 2.44. The first-order valence-corrected chi connectivity index (χ1v) is 8.18. The molecule has 1 unspecified atom stereocenters. The minimum Gasteiger partial charge on any atom is -0.493 e. The Hall–Kier alpha value is -0.870. The van der Waals surface area contributed by atoms with Crippen molar-refractivity contribution in [1.82, 2.24) is 5.32 Å². The Bertz CT molecular complexity index is 428. The molecule has 104 valence electrons. The molecule has 2 aliphatic heterocycles. The maximum absolute atomic E-state index is 5.95. The largest absolute Gasteiger partial charge is 0.493 e. The van der Waals surface area contributed by atoms with Crippen LogP contribution in [0.25, 0.3) is 0 Å². The van der Waals surface area contributed by atoms with Gasteiger partial charge in [0.05, 0.1) is 7.11 Å². The summed E-state index contributed by atoms with van der Waals surface area (Å²) in [7, 11) is 1.72. The Balaban J connectivity index is 1.75. The summed E-state index contributed by atoms with van der Waals surface area (Å²) in [6, 6.07) is 6.83. The predicted molar refractivity (Wildman–Crippen MR) is 79.3 cm³/mol. The van der Waals surface area contributed by atoms with Crippen LogP contribution in [0.4, 0.5) is 0 Å². The number of rotatable bonds is 4. The molecule has 2 heterocycles. The monoisotopic (exact) mass is 279 g/mol. The summed E-state index contributed by atoms with van der Waals surface area (Å²) < 4.78 is 11.4. The van der Waals surface area contributed by atoms with Crippen LogP contribution in [0.15, 0.2) is 18.2 Å². The van der Waals surface area contributed by atoms with Crippen molar-refractivity contribution >= 4 is 11.8 Å². The Morgan fingerprint density at radius 1 is 1.21 bits per heavy atom. The summed E-state index contributed by atoms with van der Waals surface area (Å²) in [6.07, 6.45) is 4.16.